The van der Waals surface area contributed by atoms with Gasteiger partial charge < -0.3 is 19.7 Å². The molecule has 5 rings (SSSR count). The minimum Gasteiger partial charge on any atom is -0.497 e. The van der Waals surface area contributed by atoms with Gasteiger partial charge in [-0.05, 0) is 71.7 Å². The van der Waals surface area contributed by atoms with Crippen molar-refractivity contribution in [2.45, 2.75) is 36.3 Å². The van der Waals surface area contributed by atoms with Crippen LogP contribution < -0.4 is 15.0 Å². The first-order valence-electron chi connectivity index (χ1n) is 10.2. The van der Waals surface area contributed by atoms with Crippen LogP contribution in [0.3, 0.4) is 0 Å². The number of benzene rings is 2. The third-order valence-electron chi connectivity index (χ3n) is 6.36. The number of nitrogens with zero attached hydrogens (tertiary/aromatic N) is 1. The summed E-state index contributed by atoms with van der Waals surface area (Å²) in [5.41, 5.74) is 6.81. The van der Waals surface area contributed by atoms with Crippen LogP contribution in [0.2, 0.25) is 0 Å². The highest BCUT2D eigenvalue weighted by Crippen LogP contribution is 2.51. The molecule has 2 aromatic carbocycles. The molecular formula is C23H28N2O2S. The maximum Gasteiger partial charge on any atom is 0.119 e. The number of hydrogen-bond acceptors (Lipinski definition) is 5. The molecule has 148 valence electrons. The molecule has 0 radical (unpaired) electrons. The molecule has 1 N–H and O–H groups in total. The zero-order valence-electron chi connectivity index (χ0n) is 16.7. The monoisotopic (exact) mass is 396 g/mol. The lowest BCUT2D eigenvalue weighted by Gasteiger charge is -2.33. The average Bonchev–Trinajstić information content (AvgIpc) is 2.89. The Morgan fingerprint density at radius 2 is 2.14 bits per heavy atom. The SMILES string of the molecule is COCc1cc(OC)ccc1-c1cc2c3c(c1)[C@@H]1CNCC[C@@H]1N3CCCS2. The van der Waals surface area contributed by atoms with Gasteiger partial charge in [-0.25, -0.2) is 0 Å². The second-order valence-electron chi connectivity index (χ2n) is 7.93. The van der Waals surface area contributed by atoms with Crippen LogP contribution in [0.25, 0.3) is 11.1 Å². The number of thioether (sulfide) groups is 1. The molecule has 0 unspecified atom stereocenters. The Kier molecular flexibility index (Phi) is 4.99. The Morgan fingerprint density at radius 3 is 3.00 bits per heavy atom. The maximum atomic E-state index is 5.49. The lowest BCUT2D eigenvalue weighted by Crippen LogP contribution is -2.44. The molecule has 0 aliphatic carbocycles. The van der Waals surface area contributed by atoms with Crippen molar-refractivity contribution in [1.29, 1.82) is 0 Å². The van der Waals surface area contributed by atoms with Crippen LogP contribution in [-0.2, 0) is 11.3 Å². The zero-order chi connectivity index (χ0) is 19.1. The number of piperidine rings is 1. The van der Waals surface area contributed by atoms with E-state index in [-0.39, 0.29) is 0 Å². The van der Waals surface area contributed by atoms with Crippen molar-refractivity contribution in [1.82, 2.24) is 5.32 Å². The highest BCUT2D eigenvalue weighted by molar-refractivity contribution is 7.99. The number of methoxy groups -OCH3 is 2. The molecule has 0 saturated carbocycles. The summed E-state index contributed by atoms with van der Waals surface area (Å²) in [7, 11) is 3.47. The smallest absolute Gasteiger partial charge is 0.119 e. The first kappa shape index (κ1) is 18.3. The highest BCUT2D eigenvalue weighted by atomic mass is 32.2. The van der Waals surface area contributed by atoms with Gasteiger partial charge in [-0.1, -0.05) is 6.07 Å². The van der Waals surface area contributed by atoms with Crippen LogP contribution in [-0.4, -0.2) is 45.6 Å². The van der Waals surface area contributed by atoms with Gasteiger partial charge in [0.1, 0.15) is 5.75 Å². The predicted octanol–water partition coefficient (Wildman–Crippen LogP) is 4.27. The third kappa shape index (κ3) is 3.00. The second-order valence-corrected chi connectivity index (χ2v) is 9.07. The van der Waals surface area contributed by atoms with E-state index in [4.69, 9.17) is 9.47 Å². The summed E-state index contributed by atoms with van der Waals surface area (Å²) in [6.45, 7) is 4.02. The quantitative estimate of drug-likeness (QED) is 0.835. The molecule has 3 aliphatic rings. The van der Waals surface area contributed by atoms with Crippen LogP contribution in [0.15, 0.2) is 35.2 Å². The Hall–Kier alpha value is -1.69. The maximum absolute atomic E-state index is 5.49. The van der Waals surface area contributed by atoms with Crippen LogP contribution >= 0.6 is 11.8 Å². The summed E-state index contributed by atoms with van der Waals surface area (Å²) in [6.07, 6.45) is 2.51. The van der Waals surface area contributed by atoms with Gasteiger partial charge in [0.25, 0.3) is 0 Å². The van der Waals surface area contributed by atoms with Crippen LogP contribution in [0, 0.1) is 0 Å². The molecule has 0 aromatic heterocycles. The first-order chi connectivity index (χ1) is 13.8. The number of fused-ring (bicyclic) bond motifs is 3. The molecule has 0 amide bonds. The normalized spacial score (nSPS) is 23.1. The number of ether oxygens (including phenoxy) is 2. The summed E-state index contributed by atoms with van der Waals surface area (Å²) in [6, 6.07) is 11.9. The van der Waals surface area contributed by atoms with Crippen molar-refractivity contribution in [2.75, 3.05) is 44.5 Å². The fraction of sp³-hybridized carbons (Fsp3) is 0.478. The molecule has 0 spiro atoms. The molecule has 28 heavy (non-hydrogen) atoms. The van der Waals surface area contributed by atoms with Gasteiger partial charge in [-0.3, -0.25) is 0 Å². The summed E-state index contributed by atoms with van der Waals surface area (Å²) in [4.78, 5) is 4.18. The van der Waals surface area contributed by atoms with Crippen LogP contribution in [0.5, 0.6) is 5.75 Å². The van der Waals surface area contributed by atoms with Crippen molar-refractivity contribution in [3.8, 4) is 16.9 Å². The number of nitrogens with one attached hydrogen (secondary N) is 1. The zero-order valence-corrected chi connectivity index (χ0v) is 17.5. The summed E-state index contributed by atoms with van der Waals surface area (Å²) in [5.74, 6) is 2.69. The van der Waals surface area contributed by atoms with E-state index in [9.17, 15) is 0 Å². The van der Waals surface area contributed by atoms with Crippen LogP contribution in [0.1, 0.15) is 29.9 Å². The lowest BCUT2D eigenvalue weighted by atomic mass is 9.88. The molecule has 3 heterocycles. The summed E-state index contributed by atoms with van der Waals surface area (Å²) < 4.78 is 10.9. The fourth-order valence-corrected chi connectivity index (χ4v) is 6.21. The third-order valence-corrected chi connectivity index (χ3v) is 7.48. The fourth-order valence-electron chi connectivity index (χ4n) is 5.13. The molecule has 0 bridgehead atoms. The van der Waals surface area contributed by atoms with E-state index in [0.717, 1.165) is 18.8 Å². The molecule has 4 nitrogen and oxygen atoms in total. The minimum absolute atomic E-state index is 0.589. The van der Waals surface area contributed by atoms with Crippen molar-refractivity contribution in [3.63, 3.8) is 0 Å². The predicted molar refractivity (Wildman–Crippen MR) is 116 cm³/mol. The van der Waals surface area contributed by atoms with Gasteiger partial charge in [0.15, 0.2) is 0 Å². The number of anilines is 1. The summed E-state index contributed by atoms with van der Waals surface area (Å²) in [5, 5.41) is 3.63. The molecule has 1 fully saturated rings. The van der Waals surface area contributed by atoms with Crippen molar-refractivity contribution in [2.24, 2.45) is 0 Å². The molecule has 5 heteroatoms. The number of hydrogen-bond donors (Lipinski definition) is 1. The average molecular weight is 397 g/mol. The highest BCUT2D eigenvalue weighted by Gasteiger charge is 2.41. The molecule has 2 aromatic rings. The molecule has 2 atom stereocenters. The van der Waals surface area contributed by atoms with Gasteiger partial charge in [-0.15, -0.1) is 11.8 Å². The van der Waals surface area contributed by atoms with Gasteiger partial charge in [-0.2, -0.15) is 0 Å². The van der Waals surface area contributed by atoms with Gasteiger partial charge in [0.2, 0.25) is 0 Å². The molecule has 1 saturated heterocycles. The van der Waals surface area contributed by atoms with E-state index in [0.29, 0.717) is 18.6 Å². The van der Waals surface area contributed by atoms with E-state index in [1.54, 1.807) is 19.8 Å². The Bertz CT molecular complexity index is 885. The largest absolute Gasteiger partial charge is 0.497 e. The van der Waals surface area contributed by atoms with Gasteiger partial charge >= 0.3 is 0 Å². The van der Waals surface area contributed by atoms with Gasteiger partial charge in [0.05, 0.1) is 19.4 Å². The van der Waals surface area contributed by atoms with Crippen molar-refractivity contribution in [3.05, 3.63) is 41.5 Å². The Balaban J connectivity index is 1.65. The second kappa shape index (κ2) is 7.62. The van der Waals surface area contributed by atoms with E-state index < -0.39 is 0 Å². The minimum atomic E-state index is 0.589. The summed E-state index contributed by atoms with van der Waals surface area (Å²) >= 11 is 2.03. The van der Waals surface area contributed by atoms with E-state index >= 15 is 0 Å². The van der Waals surface area contributed by atoms with Gasteiger partial charge in [0, 0.05) is 37.1 Å². The molecular weight excluding hydrogens is 368 g/mol. The topological polar surface area (TPSA) is 33.7 Å². The standard InChI is InChI=1S/C23H28N2O2S/c1-26-14-16-10-17(27-2)4-5-18(16)15-11-19-20-13-24-7-6-21(20)25-8-3-9-28-22(12-15)23(19)25/h4-5,10-12,20-21,24H,3,6-9,13-14H2,1-2H3/t20-,21-/m0/s1. The van der Waals surface area contributed by atoms with Crippen LogP contribution in [0.4, 0.5) is 5.69 Å². The van der Waals surface area contributed by atoms with Crippen molar-refractivity contribution >= 4 is 17.4 Å². The van der Waals surface area contributed by atoms with E-state index in [1.165, 1.54) is 52.4 Å². The molecule has 3 aliphatic heterocycles. The number of rotatable bonds is 4. The lowest BCUT2D eigenvalue weighted by molar-refractivity contribution is 0.185. The van der Waals surface area contributed by atoms with E-state index in [1.807, 2.05) is 11.8 Å². The van der Waals surface area contributed by atoms with E-state index in [2.05, 4.69) is 40.5 Å². The Morgan fingerprint density at radius 1 is 1.21 bits per heavy atom. The van der Waals surface area contributed by atoms with Crippen molar-refractivity contribution < 1.29 is 9.47 Å². The first-order valence-corrected chi connectivity index (χ1v) is 11.2. The Labute approximate surface area is 171 Å².